The summed E-state index contributed by atoms with van der Waals surface area (Å²) in [5.74, 6) is -0.733. The number of rotatable bonds is 4. The summed E-state index contributed by atoms with van der Waals surface area (Å²) in [5.41, 5.74) is 1.77. The normalized spacial score (nSPS) is 19.6. The molecule has 0 spiro atoms. The van der Waals surface area contributed by atoms with Crippen LogP contribution in [0.2, 0.25) is 0 Å². The van der Waals surface area contributed by atoms with Crippen molar-refractivity contribution in [2.45, 2.75) is 65.6 Å². The van der Waals surface area contributed by atoms with Gasteiger partial charge in [0, 0.05) is 18.6 Å². The highest BCUT2D eigenvalue weighted by Gasteiger charge is 2.29. The Morgan fingerprint density at radius 3 is 2.54 bits per heavy atom. The molecular formula is C21H27N3O4. The van der Waals surface area contributed by atoms with E-state index in [4.69, 9.17) is 4.74 Å². The van der Waals surface area contributed by atoms with E-state index in [-0.39, 0.29) is 30.2 Å². The molecule has 1 aromatic carbocycles. The van der Waals surface area contributed by atoms with Crippen molar-refractivity contribution in [1.29, 1.82) is 0 Å². The maximum Gasteiger partial charge on any atom is 0.338 e. The van der Waals surface area contributed by atoms with Crippen molar-refractivity contribution in [3.63, 3.8) is 0 Å². The number of benzene rings is 1. The lowest BCUT2D eigenvalue weighted by molar-refractivity contribution is -0.140. The highest BCUT2D eigenvalue weighted by molar-refractivity contribution is 5.94. The zero-order valence-corrected chi connectivity index (χ0v) is 16.9. The van der Waals surface area contributed by atoms with E-state index in [0.717, 1.165) is 19.3 Å². The molecule has 2 heterocycles. The van der Waals surface area contributed by atoms with E-state index in [2.05, 4.69) is 4.98 Å². The van der Waals surface area contributed by atoms with Gasteiger partial charge in [-0.05, 0) is 65.2 Å². The minimum atomic E-state index is -0.568. The smallest absolute Gasteiger partial charge is 0.338 e. The molecule has 0 saturated carbocycles. The van der Waals surface area contributed by atoms with Crippen LogP contribution in [-0.2, 0) is 16.1 Å². The van der Waals surface area contributed by atoms with Crippen molar-refractivity contribution in [2.75, 3.05) is 6.61 Å². The standard InChI is InChI=1S/C21H27N3O4/c1-5-23-18-10-9-16(11-17(18)22-15(4)20(23)26)21(27)28-12-19(25)24-13(2)7-6-8-14(24)3/h9-11,13-14H,5-8,12H2,1-4H3. The zero-order valence-electron chi connectivity index (χ0n) is 16.9. The van der Waals surface area contributed by atoms with Gasteiger partial charge in [0.25, 0.3) is 11.5 Å². The van der Waals surface area contributed by atoms with Gasteiger partial charge < -0.3 is 14.2 Å². The number of hydrogen-bond donors (Lipinski definition) is 0. The predicted octanol–water partition coefficient (Wildman–Crippen LogP) is 2.67. The molecule has 0 radical (unpaired) electrons. The van der Waals surface area contributed by atoms with Gasteiger partial charge in [-0.25, -0.2) is 9.78 Å². The van der Waals surface area contributed by atoms with Crippen LogP contribution in [0.3, 0.4) is 0 Å². The molecule has 0 N–H and O–H groups in total. The highest BCUT2D eigenvalue weighted by Crippen LogP contribution is 2.22. The van der Waals surface area contributed by atoms with Gasteiger partial charge in [-0.15, -0.1) is 0 Å². The van der Waals surface area contributed by atoms with Crippen LogP contribution in [0.4, 0.5) is 0 Å². The number of hydrogen-bond acceptors (Lipinski definition) is 5. The molecule has 1 aromatic heterocycles. The molecule has 3 rings (SSSR count). The third-order valence-electron chi connectivity index (χ3n) is 5.47. The Morgan fingerprint density at radius 2 is 1.89 bits per heavy atom. The molecular weight excluding hydrogens is 358 g/mol. The fourth-order valence-electron chi connectivity index (χ4n) is 4.01. The van der Waals surface area contributed by atoms with E-state index in [1.807, 2.05) is 25.7 Å². The van der Waals surface area contributed by atoms with Gasteiger partial charge in [0.1, 0.15) is 5.69 Å². The average Bonchev–Trinajstić information content (AvgIpc) is 2.66. The van der Waals surface area contributed by atoms with Crippen molar-refractivity contribution in [3.05, 3.63) is 39.8 Å². The monoisotopic (exact) mass is 385 g/mol. The molecule has 150 valence electrons. The summed E-state index contributed by atoms with van der Waals surface area (Å²) in [6.45, 7) is 7.84. The lowest BCUT2D eigenvalue weighted by atomic mass is 9.97. The first-order valence-corrected chi connectivity index (χ1v) is 9.83. The molecule has 1 saturated heterocycles. The Balaban J connectivity index is 1.76. The fraction of sp³-hybridized carbons (Fsp3) is 0.524. The number of esters is 1. The van der Waals surface area contributed by atoms with E-state index in [1.54, 1.807) is 29.7 Å². The summed E-state index contributed by atoms with van der Waals surface area (Å²) in [6, 6.07) is 5.22. The quantitative estimate of drug-likeness (QED) is 0.756. The molecule has 2 atom stereocenters. The summed E-state index contributed by atoms with van der Waals surface area (Å²) in [4.78, 5) is 43.3. The van der Waals surface area contributed by atoms with Crippen LogP contribution in [0, 0.1) is 6.92 Å². The number of carbonyl (C=O) groups is 2. The summed E-state index contributed by atoms with van der Waals surface area (Å²) >= 11 is 0. The first-order chi connectivity index (χ1) is 13.3. The van der Waals surface area contributed by atoms with E-state index < -0.39 is 5.97 Å². The fourth-order valence-corrected chi connectivity index (χ4v) is 4.01. The number of aryl methyl sites for hydroxylation is 2. The third kappa shape index (κ3) is 3.79. The van der Waals surface area contributed by atoms with Gasteiger partial charge in [0.15, 0.2) is 6.61 Å². The third-order valence-corrected chi connectivity index (χ3v) is 5.47. The van der Waals surface area contributed by atoms with Gasteiger partial charge in [0.05, 0.1) is 16.6 Å². The van der Waals surface area contributed by atoms with Gasteiger partial charge in [0.2, 0.25) is 0 Å². The number of carbonyl (C=O) groups excluding carboxylic acids is 2. The maximum atomic E-state index is 12.5. The van der Waals surface area contributed by atoms with Crippen LogP contribution in [0.25, 0.3) is 11.0 Å². The molecule has 2 aromatic rings. The van der Waals surface area contributed by atoms with Crippen LogP contribution in [-0.4, -0.2) is 45.0 Å². The van der Waals surface area contributed by atoms with E-state index >= 15 is 0 Å². The molecule has 1 aliphatic rings. The maximum absolute atomic E-state index is 12.5. The lowest BCUT2D eigenvalue weighted by Crippen LogP contribution is -2.49. The first kappa shape index (κ1) is 20.0. The van der Waals surface area contributed by atoms with Gasteiger partial charge in [-0.2, -0.15) is 0 Å². The number of piperidine rings is 1. The van der Waals surface area contributed by atoms with Gasteiger partial charge in [-0.3, -0.25) is 9.59 Å². The zero-order chi connectivity index (χ0) is 20.4. The average molecular weight is 385 g/mol. The summed E-state index contributed by atoms with van der Waals surface area (Å²) in [5, 5.41) is 0. The number of likely N-dealkylation sites (tertiary alicyclic amines) is 1. The number of fused-ring (bicyclic) bond motifs is 1. The topological polar surface area (TPSA) is 81.5 Å². The molecule has 1 aliphatic heterocycles. The van der Waals surface area contributed by atoms with Gasteiger partial charge >= 0.3 is 5.97 Å². The molecule has 28 heavy (non-hydrogen) atoms. The largest absolute Gasteiger partial charge is 0.452 e. The minimum Gasteiger partial charge on any atom is -0.452 e. The number of nitrogens with zero attached hydrogens (tertiary/aromatic N) is 3. The lowest BCUT2D eigenvalue weighted by Gasteiger charge is -2.38. The number of aromatic nitrogens is 2. The Hall–Kier alpha value is -2.70. The predicted molar refractivity (Wildman–Crippen MR) is 106 cm³/mol. The van der Waals surface area contributed by atoms with E-state index in [9.17, 15) is 14.4 Å². The molecule has 0 bridgehead atoms. The SMILES string of the molecule is CCn1c(=O)c(C)nc2cc(C(=O)OCC(=O)N3C(C)CCCC3C)ccc21. The van der Waals surface area contributed by atoms with Crippen LogP contribution in [0.15, 0.2) is 23.0 Å². The molecule has 2 unspecified atom stereocenters. The van der Waals surface area contributed by atoms with Crippen LogP contribution in [0.5, 0.6) is 0 Å². The molecule has 1 fully saturated rings. The van der Waals surface area contributed by atoms with E-state index in [1.165, 1.54) is 0 Å². The Bertz CT molecular complexity index is 956. The number of ether oxygens (including phenoxy) is 1. The van der Waals surface area contributed by atoms with Crippen molar-refractivity contribution < 1.29 is 14.3 Å². The summed E-state index contributed by atoms with van der Waals surface area (Å²) in [6.07, 6.45) is 3.05. The summed E-state index contributed by atoms with van der Waals surface area (Å²) < 4.78 is 6.89. The van der Waals surface area contributed by atoms with Crippen molar-refractivity contribution in [1.82, 2.24) is 14.5 Å². The molecule has 7 nitrogen and oxygen atoms in total. The minimum absolute atomic E-state index is 0.138. The highest BCUT2D eigenvalue weighted by atomic mass is 16.5. The van der Waals surface area contributed by atoms with E-state index in [0.29, 0.717) is 28.8 Å². The van der Waals surface area contributed by atoms with Crippen molar-refractivity contribution in [3.8, 4) is 0 Å². The second-order valence-corrected chi connectivity index (χ2v) is 7.46. The Kier molecular flexibility index (Phi) is 5.82. The number of amides is 1. The molecule has 7 heteroatoms. The summed E-state index contributed by atoms with van der Waals surface area (Å²) in [7, 11) is 0. The Morgan fingerprint density at radius 1 is 1.21 bits per heavy atom. The molecule has 0 aliphatic carbocycles. The van der Waals surface area contributed by atoms with Crippen molar-refractivity contribution in [2.24, 2.45) is 0 Å². The van der Waals surface area contributed by atoms with Crippen molar-refractivity contribution >= 4 is 22.9 Å². The Labute approximate surface area is 164 Å². The second-order valence-electron chi connectivity index (χ2n) is 7.46. The van der Waals surface area contributed by atoms with Crippen LogP contribution >= 0.6 is 0 Å². The first-order valence-electron chi connectivity index (χ1n) is 9.83. The molecule has 1 amide bonds. The second kappa shape index (κ2) is 8.12. The van der Waals surface area contributed by atoms with Gasteiger partial charge in [-0.1, -0.05) is 0 Å². The van der Waals surface area contributed by atoms with Crippen LogP contribution in [0.1, 0.15) is 56.1 Å². The van der Waals surface area contributed by atoms with Crippen LogP contribution < -0.4 is 5.56 Å².